The molecule has 5 heteroatoms. The monoisotopic (exact) mass is 339 g/mol. The summed E-state index contributed by atoms with van der Waals surface area (Å²) in [4.78, 5) is 11.9. The number of ether oxygens (including phenoxy) is 1. The first-order chi connectivity index (χ1) is 10.3. The van der Waals surface area contributed by atoms with Gasteiger partial charge in [-0.05, 0) is 18.1 Å². The summed E-state index contributed by atoms with van der Waals surface area (Å²) in [5.41, 5.74) is -0.284. The summed E-state index contributed by atoms with van der Waals surface area (Å²) in [7, 11) is -1.95. The summed E-state index contributed by atoms with van der Waals surface area (Å²) in [6.45, 7) is 17.2. The number of ketones is 1. The fourth-order valence-electron chi connectivity index (χ4n) is 2.61. The molecule has 0 aromatic carbocycles. The highest BCUT2D eigenvalue weighted by atomic mass is 28.4. The van der Waals surface area contributed by atoms with Crippen molar-refractivity contribution in [2.24, 2.45) is 5.41 Å². The van der Waals surface area contributed by atoms with Crippen molar-refractivity contribution in [3.05, 3.63) is 0 Å². The van der Waals surface area contributed by atoms with Gasteiger partial charge in [-0.25, -0.2) is 0 Å². The minimum atomic E-state index is -1.95. The minimum Gasteiger partial charge on any atom is -0.413 e. The van der Waals surface area contributed by atoms with Crippen LogP contribution in [0.5, 0.6) is 0 Å². The normalized spacial score (nSPS) is 28.2. The summed E-state index contributed by atoms with van der Waals surface area (Å²) in [5, 5.41) is 9.45. The van der Waals surface area contributed by atoms with Crippen LogP contribution in [0.1, 0.15) is 60.8 Å². The summed E-state index contributed by atoms with van der Waals surface area (Å²) >= 11 is 0. The van der Waals surface area contributed by atoms with Crippen molar-refractivity contribution in [3.63, 3.8) is 0 Å². The van der Waals surface area contributed by atoms with Crippen LogP contribution in [0.3, 0.4) is 0 Å². The predicted octanol–water partition coefficient (Wildman–Crippen LogP) is 4.45. The van der Waals surface area contributed by atoms with Gasteiger partial charge >= 0.3 is 0 Å². The first kappa shape index (κ1) is 20.3. The van der Waals surface area contributed by atoms with E-state index in [9.17, 15) is 10.1 Å². The summed E-state index contributed by atoms with van der Waals surface area (Å²) in [5.74, 6) is 0.174. The SMILES string of the molecule is CCC(=O)C[C@H]1O[C@H](C#N)C[C@@H](O[Si](C)(C)C(C)(C)C)C1(C)C. The largest absolute Gasteiger partial charge is 0.413 e. The van der Waals surface area contributed by atoms with E-state index in [1.54, 1.807) is 0 Å². The molecule has 3 atom stereocenters. The lowest BCUT2D eigenvalue weighted by atomic mass is 9.74. The highest BCUT2D eigenvalue weighted by Crippen LogP contribution is 2.45. The molecule has 0 aliphatic carbocycles. The zero-order valence-corrected chi connectivity index (χ0v) is 17.0. The summed E-state index contributed by atoms with van der Waals surface area (Å²) in [6.07, 6.45) is 0.624. The third-order valence-electron chi connectivity index (χ3n) is 5.61. The van der Waals surface area contributed by atoms with Crippen LogP contribution in [0.25, 0.3) is 0 Å². The third-order valence-corrected chi connectivity index (χ3v) is 10.1. The number of nitrogens with zero attached hydrogens (tertiary/aromatic N) is 1. The Morgan fingerprint density at radius 2 is 1.96 bits per heavy atom. The Labute approximate surface area is 142 Å². The molecule has 1 saturated heterocycles. The molecule has 0 bridgehead atoms. The Balaban J connectivity index is 3.05. The zero-order chi connectivity index (χ0) is 18.1. The second-order valence-electron chi connectivity index (χ2n) is 8.76. The van der Waals surface area contributed by atoms with Crippen LogP contribution in [-0.2, 0) is 14.0 Å². The Hall–Kier alpha value is -0.703. The second-order valence-corrected chi connectivity index (χ2v) is 13.5. The van der Waals surface area contributed by atoms with Crippen LogP contribution >= 0.6 is 0 Å². The number of Topliss-reactive ketones (excluding diaryl/α,β-unsaturated/α-hetero) is 1. The van der Waals surface area contributed by atoms with Crippen LogP contribution in [0.15, 0.2) is 0 Å². The molecule has 1 heterocycles. The Bertz CT molecular complexity index is 474. The van der Waals surface area contributed by atoms with E-state index in [4.69, 9.17) is 9.16 Å². The molecule has 0 N–H and O–H groups in total. The van der Waals surface area contributed by atoms with E-state index in [2.05, 4.69) is 53.8 Å². The van der Waals surface area contributed by atoms with Gasteiger partial charge < -0.3 is 9.16 Å². The smallest absolute Gasteiger partial charge is 0.192 e. The van der Waals surface area contributed by atoms with Crippen LogP contribution in [0.4, 0.5) is 0 Å². The van der Waals surface area contributed by atoms with Crippen LogP contribution in [-0.4, -0.2) is 32.4 Å². The van der Waals surface area contributed by atoms with Gasteiger partial charge in [0.25, 0.3) is 0 Å². The average molecular weight is 340 g/mol. The van der Waals surface area contributed by atoms with Gasteiger partial charge in [0.2, 0.25) is 0 Å². The Morgan fingerprint density at radius 3 is 2.39 bits per heavy atom. The molecule has 1 aliphatic heterocycles. The molecule has 23 heavy (non-hydrogen) atoms. The molecule has 0 unspecified atom stereocenters. The van der Waals surface area contributed by atoms with Gasteiger partial charge in [-0.2, -0.15) is 5.26 Å². The van der Waals surface area contributed by atoms with Gasteiger partial charge in [0.05, 0.1) is 18.3 Å². The topological polar surface area (TPSA) is 59.3 Å². The quantitative estimate of drug-likeness (QED) is 0.694. The molecule has 0 spiro atoms. The zero-order valence-electron chi connectivity index (χ0n) is 16.0. The van der Waals surface area contributed by atoms with Gasteiger partial charge in [-0.3, -0.25) is 4.79 Å². The summed E-state index contributed by atoms with van der Waals surface area (Å²) in [6, 6.07) is 2.22. The number of hydrogen-bond acceptors (Lipinski definition) is 4. The molecule has 0 saturated carbocycles. The van der Waals surface area contributed by atoms with Crippen molar-refractivity contribution in [3.8, 4) is 6.07 Å². The van der Waals surface area contributed by atoms with Gasteiger partial charge in [0.1, 0.15) is 11.9 Å². The maximum absolute atomic E-state index is 11.9. The summed E-state index contributed by atoms with van der Waals surface area (Å²) < 4.78 is 12.5. The maximum Gasteiger partial charge on any atom is 0.192 e. The van der Waals surface area contributed by atoms with E-state index in [0.29, 0.717) is 19.3 Å². The first-order valence-electron chi connectivity index (χ1n) is 8.59. The Morgan fingerprint density at radius 1 is 1.39 bits per heavy atom. The number of hydrogen-bond donors (Lipinski definition) is 0. The van der Waals surface area contributed by atoms with E-state index in [0.717, 1.165) is 0 Å². The molecule has 4 nitrogen and oxygen atoms in total. The van der Waals surface area contributed by atoms with Gasteiger partial charge in [0, 0.05) is 24.7 Å². The van der Waals surface area contributed by atoms with E-state index in [1.165, 1.54) is 0 Å². The number of rotatable bonds is 5. The van der Waals surface area contributed by atoms with Crippen molar-refractivity contribution in [1.29, 1.82) is 5.26 Å². The van der Waals surface area contributed by atoms with Crippen molar-refractivity contribution in [2.45, 2.75) is 97.2 Å². The Kier molecular flexibility index (Phi) is 6.23. The number of carbonyl (C=O) groups is 1. The highest BCUT2D eigenvalue weighted by molar-refractivity contribution is 6.74. The van der Waals surface area contributed by atoms with Crippen LogP contribution < -0.4 is 0 Å². The number of nitriles is 1. The maximum atomic E-state index is 11.9. The van der Waals surface area contributed by atoms with Crippen molar-refractivity contribution in [2.75, 3.05) is 0 Å². The molecule has 0 aromatic rings. The molecule has 1 fully saturated rings. The standard InChI is InChI=1S/C18H33NO3Si/c1-9-13(20)10-15-18(5,6)16(11-14(12-19)21-15)22-23(7,8)17(2,3)4/h14-16H,9-11H2,1-8H3/t14-,15+,16+/m0/s1. The van der Waals surface area contributed by atoms with Gasteiger partial charge in [-0.1, -0.05) is 41.5 Å². The van der Waals surface area contributed by atoms with E-state index >= 15 is 0 Å². The van der Waals surface area contributed by atoms with Gasteiger partial charge in [-0.15, -0.1) is 0 Å². The van der Waals surface area contributed by atoms with Crippen molar-refractivity contribution in [1.82, 2.24) is 0 Å². The predicted molar refractivity (Wildman–Crippen MR) is 94.7 cm³/mol. The van der Waals surface area contributed by atoms with Crippen molar-refractivity contribution >= 4 is 14.1 Å². The van der Waals surface area contributed by atoms with Crippen molar-refractivity contribution < 1.29 is 14.0 Å². The molecule has 1 aliphatic rings. The van der Waals surface area contributed by atoms with E-state index < -0.39 is 14.4 Å². The highest BCUT2D eigenvalue weighted by Gasteiger charge is 2.50. The lowest BCUT2D eigenvalue weighted by molar-refractivity contribution is -0.160. The first-order valence-corrected chi connectivity index (χ1v) is 11.5. The lowest BCUT2D eigenvalue weighted by Crippen LogP contribution is -2.56. The molecule has 0 amide bonds. The lowest BCUT2D eigenvalue weighted by Gasteiger charge is -2.50. The average Bonchev–Trinajstić information content (AvgIpc) is 2.41. The van der Waals surface area contributed by atoms with Gasteiger partial charge in [0.15, 0.2) is 8.32 Å². The molecular weight excluding hydrogens is 306 g/mol. The van der Waals surface area contributed by atoms with Crippen LogP contribution in [0.2, 0.25) is 18.1 Å². The molecular formula is C18H33NO3Si. The van der Waals surface area contributed by atoms with E-state index in [-0.39, 0.29) is 28.4 Å². The fraction of sp³-hybridized carbons (Fsp3) is 0.889. The molecule has 0 radical (unpaired) electrons. The fourth-order valence-corrected chi connectivity index (χ4v) is 4.08. The molecule has 1 rings (SSSR count). The van der Waals surface area contributed by atoms with E-state index in [1.807, 2.05) is 6.92 Å². The molecule has 132 valence electrons. The third kappa shape index (κ3) is 4.65. The number of carbonyl (C=O) groups excluding carboxylic acids is 1. The molecule has 0 aromatic heterocycles. The minimum absolute atomic E-state index is 0.0588. The second kappa shape index (κ2) is 7.04. The van der Waals surface area contributed by atoms with Crippen LogP contribution in [0, 0.1) is 16.7 Å².